The summed E-state index contributed by atoms with van der Waals surface area (Å²) in [6.07, 6.45) is 4.08. The number of anilines is 1. The van der Waals surface area contributed by atoms with Crippen molar-refractivity contribution in [3.63, 3.8) is 0 Å². The molecule has 2 fully saturated rings. The second-order valence-corrected chi connectivity index (χ2v) is 5.16. The first-order chi connectivity index (χ1) is 7.83. The molecule has 86 valence electrons. The Labute approximate surface area is 97.6 Å². The molecular weight excluding hydrogens is 196 g/mol. The molecule has 0 spiro atoms. The molecule has 0 bridgehead atoms. The smallest absolute Gasteiger partial charge is 0.0396 e. The van der Waals surface area contributed by atoms with Gasteiger partial charge < -0.3 is 10.2 Å². The zero-order chi connectivity index (χ0) is 11.0. The maximum atomic E-state index is 3.73. The predicted molar refractivity (Wildman–Crippen MR) is 68.0 cm³/mol. The summed E-state index contributed by atoms with van der Waals surface area (Å²) in [5.74, 6) is 0. The van der Waals surface area contributed by atoms with E-state index in [9.17, 15) is 0 Å². The molecule has 1 atom stereocenters. The van der Waals surface area contributed by atoms with Gasteiger partial charge in [0.15, 0.2) is 0 Å². The van der Waals surface area contributed by atoms with Gasteiger partial charge in [-0.05, 0) is 37.8 Å². The van der Waals surface area contributed by atoms with Crippen LogP contribution in [-0.2, 0) is 0 Å². The van der Waals surface area contributed by atoms with Gasteiger partial charge >= 0.3 is 0 Å². The largest absolute Gasteiger partial charge is 0.370 e. The molecule has 1 N–H and O–H groups in total. The van der Waals surface area contributed by atoms with Crippen molar-refractivity contribution in [1.29, 1.82) is 0 Å². The van der Waals surface area contributed by atoms with Crippen LogP contribution >= 0.6 is 0 Å². The molecule has 1 aliphatic carbocycles. The van der Waals surface area contributed by atoms with Crippen LogP contribution in [0.15, 0.2) is 24.3 Å². The Hall–Kier alpha value is -1.02. The molecule has 1 unspecified atom stereocenters. The van der Waals surface area contributed by atoms with Crippen molar-refractivity contribution in [1.82, 2.24) is 5.32 Å². The minimum absolute atomic E-state index is 0.715. The SMILES string of the molecule is Cc1ccccc1N1CCC(NC2CC2)C1. The lowest BCUT2D eigenvalue weighted by molar-refractivity contribution is 0.548. The molecule has 0 radical (unpaired) electrons. The first-order valence-corrected chi connectivity index (χ1v) is 6.39. The number of benzene rings is 1. The molecule has 2 heteroatoms. The molecule has 1 saturated heterocycles. The lowest BCUT2D eigenvalue weighted by Gasteiger charge is -2.21. The highest BCUT2D eigenvalue weighted by Crippen LogP contribution is 2.26. The Balaban J connectivity index is 1.66. The highest BCUT2D eigenvalue weighted by atomic mass is 15.2. The predicted octanol–water partition coefficient (Wildman–Crippen LogP) is 2.33. The van der Waals surface area contributed by atoms with Crippen LogP contribution in [0.4, 0.5) is 5.69 Å². The van der Waals surface area contributed by atoms with Crippen LogP contribution in [0.2, 0.25) is 0 Å². The van der Waals surface area contributed by atoms with Gasteiger partial charge in [-0.25, -0.2) is 0 Å². The Kier molecular flexibility index (Phi) is 2.60. The zero-order valence-corrected chi connectivity index (χ0v) is 9.95. The molecule has 2 aliphatic rings. The van der Waals surface area contributed by atoms with Crippen LogP contribution in [0.25, 0.3) is 0 Å². The van der Waals surface area contributed by atoms with Gasteiger partial charge in [0, 0.05) is 30.9 Å². The quantitative estimate of drug-likeness (QED) is 0.834. The maximum absolute atomic E-state index is 3.73. The Morgan fingerprint density at radius 1 is 1.12 bits per heavy atom. The van der Waals surface area contributed by atoms with Gasteiger partial charge in [0.1, 0.15) is 0 Å². The first-order valence-electron chi connectivity index (χ1n) is 6.39. The second-order valence-electron chi connectivity index (χ2n) is 5.16. The van der Waals surface area contributed by atoms with Gasteiger partial charge in [0.25, 0.3) is 0 Å². The molecule has 0 aromatic heterocycles. The molecule has 1 aliphatic heterocycles. The molecule has 16 heavy (non-hydrogen) atoms. The van der Waals surface area contributed by atoms with E-state index in [0.29, 0.717) is 6.04 Å². The molecule has 2 nitrogen and oxygen atoms in total. The third kappa shape index (κ3) is 2.07. The number of hydrogen-bond acceptors (Lipinski definition) is 2. The monoisotopic (exact) mass is 216 g/mol. The normalized spacial score (nSPS) is 25.1. The number of nitrogens with one attached hydrogen (secondary N) is 1. The second kappa shape index (κ2) is 4.10. The summed E-state index contributed by atoms with van der Waals surface area (Å²) in [5.41, 5.74) is 2.82. The van der Waals surface area contributed by atoms with Gasteiger partial charge in [0.2, 0.25) is 0 Å². The summed E-state index contributed by atoms with van der Waals surface area (Å²) in [6, 6.07) is 10.3. The topological polar surface area (TPSA) is 15.3 Å². The Morgan fingerprint density at radius 2 is 1.94 bits per heavy atom. The van der Waals surface area contributed by atoms with Gasteiger partial charge in [-0.2, -0.15) is 0 Å². The summed E-state index contributed by atoms with van der Waals surface area (Å²) < 4.78 is 0. The van der Waals surface area contributed by atoms with E-state index in [-0.39, 0.29) is 0 Å². The van der Waals surface area contributed by atoms with Crippen molar-refractivity contribution in [3.05, 3.63) is 29.8 Å². The number of nitrogens with zero attached hydrogens (tertiary/aromatic N) is 1. The van der Waals surface area contributed by atoms with Crippen LogP contribution in [0.3, 0.4) is 0 Å². The Bertz CT molecular complexity index is 371. The van der Waals surface area contributed by atoms with Crippen molar-refractivity contribution in [3.8, 4) is 0 Å². The van der Waals surface area contributed by atoms with E-state index >= 15 is 0 Å². The van der Waals surface area contributed by atoms with Gasteiger partial charge in [-0.15, -0.1) is 0 Å². The van der Waals surface area contributed by atoms with E-state index in [1.807, 2.05) is 0 Å². The van der Waals surface area contributed by atoms with Gasteiger partial charge in [-0.1, -0.05) is 18.2 Å². The zero-order valence-electron chi connectivity index (χ0n) is 9.95. The van der Waals surface area contributed by atoms with Crippen molar-refractivity contribution < 1.29 is 0 Å². The number of para-hydroxylation sites is 1. The number of rotatable bonds is 3. The number of aryl methyl sites for hydroxylation is 1. The molecule has 1 aromatic carbocycles. The molecule has 3 rings (SSSR count). The van der Waals surface area contributed by atoms with E-state index in [4.69, 9.17) is 0 Å². The van der Waals surface area contributed by atoms with Crippen LogP contribution in [-0.4, -0.2) is 25.2 Å². The Morgan fingerprint density at radius 3 is 2.69 bits per heavy atom. The minimum atomic E-state index is 0.715. The van der Waals surface area contributed by atoms with E-state index in [0.717, 1.165) is 6.04 Å². The summed E-state index contributed by atoms with van der Waals surface area (Å²) in [5, 5.41) is 3.73. The summed E-state index contributed by atoms with van der Waals surface area (Å²) in [4.78, 5) is 2.52. The van der Waals surface area contributed by atoms with Crippen LogP contribution in [0.5, 0.6) is 0 Å². The van der Waals surface area contributed by atoms with Crippen LogP contribution in [0, 0.1) is 6.92 Å². The molecular formula is C14H20N2. The lowest BCUT2D eigenvalue weighted by Crippen LogP contribution is -2.34. The molecule has 1 aromatic rings. The number of hydrogen-bond donors (Lipinski definition) is 1. The minimum Gasteiger partial charge on any atom is -0.370 e. The summed E-state index contributed by atoms with van der Waals surface area (Å²) >= 11 is 0. The molecule has 1 heterocycles. The van der Waals surface area contributed by atoms with Crippen molar-refractivity contribution in [2.75, 3.05) is 18.0 Å². The first kappa shape index (κ1) is 10.2. The summed E-state index contributed by atoms with van der Waals surface area (Å²) in [6.45, 7) is 4.59. The van der Waals surface area contributed by atoms with E-state index in [1.54, 1.807) is 0 Å². The van der Waals surface area contributed by atoms with Crippen molar-refractivity contribution in [2.45, 2.75) is 38.3 Å². The highest BCUT2D eigenvalue weighted by molar-refractivity contribution is 5.53. The highest BCUT2D eigenvalue weighted by Gasteiger charge is 2.29. The van der Waals surface area contributed by atoms with E-state index in [1.165, 1.54) is 43.6 Å². The van der Waals surface area contributed by atoms with Gasteiger partial charge in [0.05, 0.1) is 0 Å². The van der Waals surface area contributed by atoms with E-state index in [2.05, 4.69) is 41.4 Å². The third-order valence-corrected chi connectivity index (χ3v) is 3.69. The fourth-order valence-corrected chi connectivity index (χ4v) is 2.62. The standard InChI is InChI=1S/C14H20N2/c1-11-4-2-3-5-14(11)16-9-8-13(10-16)15-12-6-7-12/h2-5,12-13,15H,6-10H2,1H3. The van der Waals surface area contributed by atoms with Crippen LogP contribution in [0.1, 0.15) is 24.8 Å². The molecule has 0 amide bonds. The third-order valence-electron chi connectivity index (χ3n) is 3.69. The van der Waals surface area contributed by atoms with Gasteiger partial charge in [-0.3, -0.25) is 0 Å². The lowest BCUT2D eigenvalue weighted by atomic mass is 10.2. The summed E-state index contributed by atoms with van der Waals surface area (Å²) in [7, 11) is 0. The average molecular weight is 216 g/mol. The maximum Gasteiger partial charge on any atom is 0.0396 e. The average Bonchev–Trinajstić information content (AvgIpc) is 2.97. The fourth-order valence-electron chi connectivity index (χ4n) is 2.62. The van der Waals surface area contributed by atoms with Crippen LogP contribution < -0.4 is 10.2 Å². The fraction of sp³-hybridized carbons (Fsp3) is 0.571. The van der Waals surface area contributed by atoms with Crippen molar-refractivity contribution >= 4 is 5.69 Å². The van der Waals surface area contributed by atoms with Crippen molar-refractivity contribution in [2.24, 2.45) is 0 Å². The molecule has 1 saturated carbocycles. The van der Waals surface area contributed by atoms with E-state index < -0.39 is 0 Å².